The van der Waals surface area contributed by atoms with Crippen LogP contribution in [-0.2, 0) is 0 Å². The Morgan fingerprint density at radius 3 is 0.634 bits per heavy atom. The molecule has 0 radical (unpaired) electrons. The predicted octanol–water partition coefficient (Wildman–Crippen LogP) is 15.2. The summed E-state index contributed by atoms with van der Waals surface area (Å²) in [5.41, 5.74) is 0. The number of rotatable bonds is 1. The maximum absolute atomic E-state index is 2.46. The fourth-order valence-corrected chi connectivity index (χ4v) is 8.01. The van der Waals surface area contributed by atoms with E-state index in [4.69, 9.17) is 0 Å². The van der Waals surface area contributed by atoms with Gasteiger partial charge < -0.3 is 0 Å². The Labute approximate surface area is 263 Å². The first kappa shape index (κ1) is 41.0. The standard InChI is InChI=1S/C18H34.C10H20.C9H18.2C2H6/c1-15-7-3-11-17(12-4-8-15)18-13-5-9-16(2)10-6-14-18;1-9-5-3-7-10(2)8-4-6-9;1-9-7-5-3-2-4-6-8-9;2*1-2/h15-18H,3-14H2,1-2H3;9-10H,3-8H2,1-2H3;9H,2-8H2,1H3;2*1-2H3. The van der Waals surface area contributed by atoms with Crippen molar-refractivity contribution in [3.63, 3.8) is 0 Å². The molecule has 0 aliphatic heterocycles. The lowest BCUT2D eigenvalue weighted by Gasteiger charge is -2.32. The summed E-state index contributed by atoms with van der Waals surface area (Å²) >= 11 is 0. The van der Waals surface area contributed by atoms with E-state index in [0.717, 1.165) is 41.4 Å². The molecule has 41 heavy (non-hydrogen) atoms. The van der Waals surface area contributed by atoms with Crippen molar-refractivity contribution in [1.29, 1.82) is 0 Å². The minimum absolute atomic E-state index is 1.00. The molecular formula is C41H84. The number of hydrogen-bond donors (Lipinski definition) is 0. The zero-order valence-corrected chi connectivity index (χ0v) is 30.7. The fraction of sp³-hybridized carbons (Fsp3) is 1.00. The summed E-state index contributed by atoms with van der Waals surface area (Å²) in [6.45, 7) is 20.1. The predicted molar refractivity (Wildman–Crippen MR) is 191 cm³/mol. The third-order valence-electron chi connectivity index (χ3n) is 10.9. The van der Waals surface area contributed by atoms with E-state index in [9.17, 15) is 0 Å². The van der Waals surface area contributed by atoms with Crippen LogP contribution in [-0.4, -0.2) is 0 Å². The van der Waals surface area contributed by atoms with Crippen molar-refractivity contribution in [1.82, 2.24) is 0 Å². The molecular weight excluding hydrogens is 492 g/mol. The smallest absolute Gasteiger partial charge is 0.0386 e. The Hall–Kier alpha value is 0. The Balaban J connectivity index is 0.000000592. The molecule has 0 unspecified atom stereocenters. The van der Waals surface area contributed by atoms with E-state index >= 15 is 0 Å². The van der Waals surface area contributed by atoms with Crippen molar-refractivity contribution in [3.8, 4) is 0 Å². The highest BCUT2D eigenvalue weighted by molar-refractivity contribution is 4.76. The molecule has 0 aromatic rings. The van der Waals surface area contributed by atoms with Gasteiger partial charge in [0.15, 0.2) is 0 Å². The molecule has 248 valence electrons. The third kappa shape index (κ3) is 23.1. The summed E-state index contributed by atoms with van der Waals surface area (Å²) in [6, 6.07) is 0. The first-order valence-electron chi connectivity index (χ1n) is 19.9. The fourth-order valence-electron chi connectivity index (χ4n) is 8.01. The molecule has 0 nitrogen and oxygen atoms in total. The summed E-state index contributed by atoms with van der Waals surface area (Å²) in [7, 11) is 0. The van der Waals surface area contributed by atoms with Crippen LogP contribution in [0.1, 0.15) is 223 Å². The summed E-state index contributed by atoms with van der Waals surface area (Å²) in [5, 5.41) is 0. The van der Waals surface area contributed by atoms with Crippen molar-refractivity contribution in [2.75, 3.05) is 0 Å². The van der Waals surface area contributed by atoms with E-state index in [1.165, 1.54) is 135 Å². The van der Waals surface area contributed by atoms with Crippen molar-refractivity contribution in [3.05, 3.63) is 0 Å². The van der Waals surface area contributed by atoms with Crippen LogP contribution in [0.2, 0.25) is 0 Å². The minimum atomic E-state index is 1.00. The van der Waals surface area contributed by atoms with E-state index in [1.54, 1.807) is 25.7 Å². The van der Waals surface area contributed by atoms with Crippen LogP contribution >= 0.6 is 0 Å². The highest BCUT2D eigenvalue weighted by Gasteiger charge is 2.24. The van der Waals surface area contributed by atoms with Gasteiger partial charge in [0, 0.05) is 0 Å². The third-order valence-corrected chi connectivity index (χ3v) is 10.9. The van der Waals surface area contributed by atoms with E-state index in [-0.39, 0.29) is 0 Å². The first-order chi connectivity index (χ1) is 19.9. The summed E-state index contributed by atoms with van der Waals surface area (Å²) in [6.07, 6.45) is 37.5. The normalized spacial score (nSPS) is 32.4. The molecule has 4 fully saturated rings. The van der Waals surface area contributed by atoms with Crippen molar-refractivity contribution >= 4 is 0 Å². The lowest BCUT2D eigenvalue weighted by atomic mass is 9.74. The van der Waals surface area contributed by atoms with Crippen molar-refractivity contribution in [2.45, 2.75) is 223 Å². The van der Waals surface area contributed by atoms with E-state index in [2.05, 4.69) is 34.6 Å². The van der Waals surface area contributed by atoms with Gasteiger partial charge in [-0.3, -0.25) is 0 Å². The van der Waals surface area contributed by atoms with Crippen LogP contribution < -0.4 is 0 Å². The molecule has 0 atom stereocenters. The largest absolute Gasteiger partial charge is 0.0683 e. The van der Waals surface area contributed by atoms with Crippen LogP contribution in [0.3, 0.4) is 0 Å². The maximum atomic E-state index is 2.46. The Bertz CT molecular complexity index is 436. The summed E-state index contributed by atoms with van der Waals surface area (Å²) in [5.74, 6) is 7.22. The SMILES string of the molecule is CC.CC.CC1CCCC(C)CCC1.CC1CCCC(C2CCCC(C)CCC2)CCC1.CC1CCCCCCC1. The molecule has 4 rings (SSSR count). The highest BCUT2D eigenvalue weighted by atomic mass is 14.3. The Morgan fingerprint density at radius 1 is 0.220 bits per heavy atom. The Morgan fingerprint density at radius 2 is 0.390 bits per heavy atom. The van der Waals surface area contributed by atoms with E-state index < -0.39 is 0 Å². The zero-order valence-electron chi connectivity index (χ0n) is 30.7. The molecule has 0 N–H and O–H groups in total. The van der Waals surface area contributed by atoms with Crippen LogP contribution in [0, 0.1) is 41.4 Å². The van der Waals surface area contributed by atoms with E-state index in [0.29, 0.717) is 0 Å². The van der Waals surface area contributed by atoms with Crippen LogP contribution in [0.25, 0.3) is 0 Å². The topological polar surface area (TPSA) is 0 Å². The second-order valence-electron chi connectivity index (χ2n) is 15.0. The van der Waals surface area contributed by atoms with Gasteiger partial charge in [-0.25, -0.2) is 0 Å². The lowest BCUT2D eigenvalue weighted by molar-refractivity contribution is 0.201. The molecule has 0 saturated heterocycles. The summed E-state index contributed by atoms with van der Waals surface area (Å²) in [4.78, 5) is 0. The molecule has 0 amide bonds. The van der Waals surface area contributed by atoms with Crippen molar-refractivity contribution < 1.29 is 0 Å². The second-order valence-corrected chi connectivity index (χ2v) is 15.0. The molecule has 4 aliphatic rings. The lowest BCUT2D eigenvalue weighted by Crippen LogP contribution is -2.19. The minimum Gasteiger partial charge on any atom is -0.0683 e. The monoisotopic (exact) mass is 577 g/mol. The first-order valence-corrected chi connectivity index (χ1v) is 19.9. The molecule has 0 heterocycles. The van der Waals surface area contributed by atoms with Gasteiger partial charge in [-0.05, 0) is 41.4 Å². The zero-order chi connectivity index (χ0) is 30.7. The molecule has 0 heteroatoms. The van der Waals surface area contributed by atoms with E-state index in [1.807, 2.05) is 27.7 Å². The van der Waals surface area contributed by atoms with Crippen LogP contribution in [0.15, 0.2) is 0 Å². The van der Waals surface area contributed by atoms with Crippen LogP contribution in [0.4, 0.5) is 0 Å². The summed E-state index contributed by atoms with van der Waals surface area (Å²) < 4.78 is 0. The van der Waals surface area contributed by atoms with Gasteiger partial charge >= 0.3 is 0 Å². The van der Waals surface area contributed by atoms with Gasteiger partial charge in [0.25, 0.3) is 0 Å². The van der Waals surface area contributed by atoms with Crippen LogP contribution in [0.5, 0.6) is 0 Å². The molecule has 0 aromatic carbocycles. The molecule has 0 aromatic heterocycles. The van der Waals surface area contributed by atoms with Gasteiger partial charge in [0.1, 0.15) is 0 Å². The molecule has 0 bridgehead atoms. The number of hydrogen-bond acceptors (Lipinski definition) is 0. The van der Waals surface area contributed by atoms with Gasteiger partial charge in [-0.2, -0.15) is 0 Å². The average molecular weight is 577 g/mol. The molecule has 4 aliphatic carbocycles. The second kappa shape index (κ2) is 28.8. The van der Waals surface area contributed by atoms with Gasteiger partial charge in [0.05, 0.1) is 0 Å². The molecule has 0 spiro atoms. The highest BCUT2D eigenvalue weighted by Crippen LogP contribution is 2.37. The average Bonchev–Trinajstić information content (AvgIpc) is 2.92. The quantitative estimate of drug-likeness (QED) is 0.291. The van der Waals surface area contributed by atoms with Crippen molar-refractivity contribution in [2.24, 2.45) is 41.4 Å². The maximum Gasteiger partial charge on any atom is -0.0386 e. The molecule has 4 saturated carbocycles. The van der Waals surface area contributed by atoms with Gasteiger partial charge in [0.2, 0.25) is 0 Å². The van der Waals surface area contributed by atoms with Gasteiger partial charge in [-0.15, -0.1) is 0 Å². The Kier molecular flexibility index (Phi) is 28.8. The van der Waals surface area contributed by atoms with Gasteiger partial charge in [-0.1, -0.05) is 223 Å².